The Morgan fingerprint density at radius 3 is 2.67 bits per heavy atom. The van der Waals surface area contributed by atoms with E-state index in [1.165, 1.54) is 0 Å². The van der Waals surface area contributed by atoms with E-state index in [1.807, 2.05) is 31.2 Å². The monoisotopic (exact) mass is 265 g/mol. The summed E-state index contributed by atoms with van der Waals surface area (Å²) < 4.78 is 5.11. The van der Waals surface area contributed by atoms with E-state index in [-0.39, 0.29) is 6.04 Å². The van der Waals surface area contributed by atoms with Crippen LogP contribution >= 0.6 is 11.6 Å². The molecule has 0 aliphatic heterocycles. The van der Waals surface area contributed by atoms with E-state index in [9.17, 15) is 0 Å². The Morgan fingerprint density at radius 1 is 1.28 bits per heavy atom. The van der Waals surface area contributed by atoms with Crippen molar-refractivity contribution in [2.24, 2.45) is 0 Å². The number of alkyl halides is 1. The number of fused-ring (bicyclic) bond motifs is 1. The highest BCUT2D eigenvalue weighted by molar-refractivity contribution is 6.18. The molecule has 0 bridgehead atoms. The Labute approximate surface area is 111 Å². The molecule has 5 heteroatoms. The van der Waals surface area contributed by atoms with E-state index >= 15 is 0 Å². The van der Waals surface area contributed by atoms with E-state index in [4.69, 9.17) is 16.3 Å². The van der Waals surface area contributed by atoms with E-state index < -0.39 is 0 Å². The quantitative estimate of drug-likeness (QED) is 0.845. The van der Waals surface area contributed by atoms with Crippen LogP contribution in [0.3, 0.4) is 0 Å². The van der Waals surface area contributed by atoms with Crippen molar-refractivity contribution < 1.29 is 4.74 Å². The number of hydrogen-bond acceptors (Lipinski definition) is 4. The first-order chi connectivity index (χ1) is 8.76. The molecule has 0 spiro atoms. The van der Waals surface area contributed by atoms with Gasteiger partial charge in [0, 0.05) is 23.8 Å². The molecule has 18 heavy (non-hydrogen) atoms. The van der Waals surface area contributed by atoms with Gasteiger partial charge >= 0.3 is 0 Å². The minimum atomic E-state index is 0.0251. The smallest absolute Gasteiger partial charge is 0.156 e. The zero-order chi connectivity index (χ0) is 13.0. The van der Waals surface area contributed by atoms with Crippen LogP contribution in [0.2, 0.25) is 0 Å². The summed E-state index contributed by atoms with van der Waals surface area (Å²) in [5.41, 5.74) is 0.922. The van der Waals surface area contributed by atoms with Gasteiger partial charge in [-0.15, -0.1) is 16.7 Å². The fraction of sp³-hybridized carbons (Fsp3) is 0.385. The molecular formula is C13H16ClN3O. The molecule has 0 radical (unpaired) electrons. The summed E-state index contributed by atoms with van der Waals surface area (Å²) in [7, 11) is 1.65. The maximum Gasteiger partial charge on any atom is 0.156 e. The van der Waals surface area contributed by atoms with Crippen LogP contribution in [0.4, 0.5) is 5.82 Å². The Bertz CT molecular complexity index is 533. The highest BCUT2D eigenvalue weighted by atomic mass is 35.5. The molecule has 0 saturated heterocycles. The number of nitrogens with one attached hydrogen (secondary N) is 1. The lowest BCUT2D eigenvalue weighted by Crippen LogP contribution is -2.27. The largest absolute Gasteiger partial charge is 0.383 e. The summed E-state index contributed by atoms with van der Waals surface area (Å²) in [6.45, 7) is 2.49. The van der Waals surface area contributed by atoms with Gasteiger partial charge in [-0.25, -0.2) is 0 Å². The molecule has 4 nitrogen and oxygen atoms in total. The molecule has 2 aromatic rings. The summed E-state index contributed by atoms with van der Waals surface area (Å²) >= 11 is 5.89. The van der Waals surface area contributed by atoms with E-state index in [0.29, 0.717) is 12.5 Å². The number of ether oxygens (including phenoxy) is 1. The Hall–Kier alpha value is -1.39. The van der Waals surface area contributed by atoms with Gasteiger partial charge in [-0.2, -0.15) is 5.10 Å². The molecule has 0 aliphatic carbocycles. The summed E-state index contributed by atoms with van der Waals surface area (Å²) in [4.78, 5) is 0. The number of halogens is 1. The Balaban J connectivity index is 2.36. The van der Waals surface area contributed by atoms with Crippen LogP contribution in [-0.4, -0.2) is 35.8 Å². The second kappa shape index (κ2) is 5.98. The van der Waals surface area contributed by atoms with Gasteiger partial charge in [0.25, 0.3) is 0 Å². The normalized spacial score (nSPS) is 12.6. The molecule has 1 aromatic heterocycles. The molecule has 1 atom stereocenters. The van der Waals surface area contributed by atoms with Crippen LogP contribution in [0, 0.1) is 6.92 Å². The van der Waals surface area contributed by atoms with Crippen molar-refractivity contribution in [3.8, 4) is 0 Å². The molecule has 1 N–H and O–H groups in total. The zero-order valence-electron chi connectivity index (χ0n) is 10.5. The van der Waals surface area contributed by atoms with E-state index in [1.54, 1.807) is 7.11 Å². The van der Waals surface area contributed by atoms with Crippen LogP contribution in [0.5, 0.6) is 0 Å². The van der Waals surface area contributed by atoms with Crippen molar-refractivity contribution in [3.63, 3.8) is 0 Å². The second-order valence-electron chi connectivity index (χ2n) is 4.13. The van der Waals surface area contributed by atoms with E-state index in [2.05, 4.69) is 15.5 Å². The lowest BCUT2D eigenvalue weighted by Gasteiger charge is -2.16. The summed E-state index contributed by atoms with van der Waals surface area (Å²) in [5.74, 6) is 1.21. The highest BCUT2D eigenvalue weighted by Crippen LogP contribution is 2.22. The maximum atomic E-state index is 5.89. The van der Waals surface area contributed by atoms with Gasteiger partial charge in [0.2, 0.25) is 0 Å². The molecule has 1 aromatic carbocycles. The molecule has 0 aliphatic rings. The van der Waals surface area contributed by atoms with Crippen LogP contribution in [0.15, 0.2) is 24.3 Å². The Morgan fingerprint density at radius 2 is 2.00 bits per heavy atom. The molecule has 2 rings (SSSR count). The Kier molecular flexibility index (Phi) is 4.33. The minimum Gasteiger partial charge on any atom is -0.383 e. The molecule has 0 fully saturated rings. The van der Waals surface area contributed by atoms with Gasteiger partial charge in [0.05, 0.1) is 18.3 Å². The molecule has 0 amide bonds. The minimum absolute atomic E-state index is 0.0251. The van der Waals surface area contributed by atoms with Gasteiger partial charge in [-0.3, -0.25) is 0 Å². The van der Waals surface area contributed by atoms with Gasteiger partial charge in [0.1, 0.15) is 0 Å². The third-order valence-corrected chi connectivity index (χ3v) is 3.14. The van der Waals surface area contributed by atoms with Gasteiger partial charge in [-0.1, -0.05) is 24.3 Å². The highest BCUT2D eigenvalue weighted by Gasteiger charge is 2.11. The molecule has 1 unspecified atom stereocenters. The van der Waals surface area contributed by atoms with Gasteiger partial charge in [0.15, 0.2) is 5.82 Å². The second-order valence-corrected chi connectivity index (χ2v) is 4.44. The zero-order valence-corrected chi connectivity index (χ0v) is 11.2. The summed E-state index contributed by atoms with van der Waals surface area (Å²) in [5, 5.41) is 13.8. The number of aromatic nitrogens is 2. The topological polar surface area (TPSA) is 47.0 Å². The predicted octanol–water partition coefficient (Wildman–Crippen LogP) is 2.60. The number of methoxy groups -OCH3 is 1. The number of hydrogen-bond donors (Lipinski definition) is 1. The maximum absolute atomic E-state index is 5.89. The lowest BCUT2D eigenvalue weighted by atomic mass is 10.1. The third-order valence-electron chi connectivity index (χ3n) is 2.77. The number of anilines is 1. The standard InChI is InChI=1S/C13H16ClN3O/c1-9-11-5-3-4-6-12(11)13(17-16-9)15-10(7-14)8-18-2/h3-6,10H,7-8H2,1-2H3,(H,15,17). The molecule has 1 heterocycles. The number of aryl methyl sites for hydroxylation is 1. The number of rotatable bonds is 5. The van der Waals surface area contributed by atoms with Crippen LogP contribution in [0.25, 0.3) is 10.8 Å². The summed E-state index contributed by atoms with van der Waals surface area (Å²) in [6, 6.07) is 8.07. The van der Waals surface area contributed by atoms with Crippen molar-refractivity contribution in [2.75, 3.05) is 24.9 Å². The number of benzene rings is 1. The third kappa shape index (κ3) is 2.71. The lowest BCUT2D eigenvalue weighted by molar-refractivity contribution is 0.191. The first-order valence-corrected chi connectivity index (χ1v) is 6.33. The SMILES string of the molecule is COCC(CCl)Nc1nnc(C)c2ccccc12. The summed E-state index contributed by atoms with van der Waals surface area (Å²) in [6.07, 6.45) is 0. The van der Waals surface area contributed by atoms with Gasteiger partial charge in [-0.05, 0) is 6.92 Å². The van der Waals surface area contributed by atoms with E-state index in [0.717, 1.165) is 22.3 Å². The van der Waals surface area contributed by atoms with Crippen molar-refractivity contribution in [3.05, 3.63) is 30.0 Å². The van der Waals surface area contributed by atoms with Crippen molar-refractivity contribution >= 4 is 28.2 Å². The van der Waals surface area contributed by atoms with Crippen LogP contribution < -0.4 is 5.32 Å². The van der Waals surface area contributed by atoms with Gasteiger partial charge < -0.3 is 10.1 Å². The number of nitrogens with zero attached hydrogens (tertiary/aromatic N) is 2. The molecule has 0 saturated carbocycles. The average molecular weight is 266 g/mol. The fourth-order valence-electron chi connectivity index (χ4n) is 1.86. The first kappa shape index (κ1) is 13.1. The predicted molar refractivity (Wildman–Crippen MR) is 74.3 cm³/mol. The van der Waals surface area contributed by atoms with Crippen LogP contribution in [-0.2, 0) is 4.74 Å². The average Bonchev–Trinajstić information content (AvgIpc) is 2.41. The van der Waals surface area contributed by atoms with Crippen LogP contribution in [0.1, 0.15) is 5.69 Å². The fourth-order valence-corrected chi connectivity index (χ4v) is 2.03. The van der Waals surface area contributed by atoms with Crippen molar-refractivity contribution in [1.82, 2.24) is 10.2 Å². The molecule has 96 valence electrons. The first-order valence-electron chi connectivity index (χ1n) is 5.79. The molecular weight excluding hydrogens is 250 g/mol. The van der Waals surface area contributed by atoms with Crippen molar-refractivity contribution in [1.29, 1.82) is 0 Å². The van der Waals surface area contributed by atoms with Crippen molar-refractivity contribution in [2.45, 2.75) is 13.0 Å².